The minimum atomic E-state index is -0.333. The van der Waals surface area contributed by atoms with Crippen LogP contribution in [0, 0.1) is 0 Å². The van der Waals surface area contributed by atoms with Crippen LogP contribution in [0.1, 0.15) is 52.4 Å². The van der Waals surface area contributed by atoms with E-state index in [4.69, 9.17) is 14.5 Å². The van der Waals surface area contributed by atoms with Gasteiger partial charge < -0.3 is 19.7 Å². The molecule has 5 rings (SSSR count). The van der Waals surface area contributed by atoms with Gasteiger partial charge in [-0.15, -0.1) is 0 Å². The van der Waals surface area contributed by atoms with Crippen LogP contribution in [-0.2, 0) is 11.3 Å². The largest absolute Gasteiger partial charge is 0.497 e. The summed E-state index contributed by atoms with van der Waals surface area (Å²) < 4.78 is 13.1. The number of nitrogens with zero attached hydrogens (tertiary/aromatic N) is 4. The number of aromatic nitrogens is 3. The van der Waals surface area contributed by atoms with Crippen molar-refractivity contribution < 1.29 is 14.3 Å². The summed E-state index contributed by atoms with van der Waals surface area (Å²) in [7, 11) is 1.58. The zero-order valence-corrected chi connectivity index (χ0v) is 22.5. The van der Waals surface area contributed by atoms with Gasteiger partial charge in [-0.3, -0.25) is 14.2 Å². The highest BCUT2D eigenvalue weighted by Gasteiger charge is 2.28. The maximum Gasteiger partial charge on any atom is 0.263 e. The topological polar surface area (TPSA) is 98.6 Å². The molecule has 3 heterocycles. The number of nitrogens with one attached hydrogen (secondary N) is 1. The Labute approximate surface area is 223 Å². The van der Waals surface area contributed by atoms with Crippen molar-refractivity contribution in [2.45, 2.75) is 77.1 Å². The molecule has 2 aromatic heterocycles. The Bertz CT molecular complexity index is 1340. The van der Waals surface area contributed by atoms with Gasteiger partial charge in [0.25, 0.3) is 5.56 Å². The second kappa shape index (κ2) is 11.5. The predicted molar refractivity (Wildman–Crippen MR) is 147 cm³/mol. The molecule has 0 atom stereocenters. The number of piperidine rings is 1. The van der Waals surface area contributed by atoms with Gasteiger partial charge in [0, 0.05) is 30.7 Å². The van der Waals surface area contributed by atoms with Crippen molar-refractivity contribution in [2.75, 3.05) is 20.2 Å². The summed E-state index contributed by atoms with van der Waals surface area (Å²) >= 11 is 0. The molecule has 0 unspecified atom stereocenters. The maximum atomic E-state index is 13.7. The summed E-state index contributed by atoms with van der Waals surface area (Å²) in [4.78, 5) is 38.3. The Hall–Kier alpha value is -3.46. The highest BCUT2D eigenvalue weighted by atomic mass is 16.5. The number of carbonyl (C=O) groups is 1. The fraction of sp³-hybridized carbons (Fsp3) is 0.517. The van der Waals surface area contributed by atoms with Crippen molar-refractivity contribution in [3.63, 3.8) is 0 Å². The molecule has 2 aliphatic rings. The summed E-state index contributed by atoms with van der Waals surface area (Å²) in [6.07, 6.45) is 8.96. The lowest BCUT2D eigenvalue weighted by Crippen LogP contribution is -2.43. The highest BCUT2D eigenvalue weighted by molar-refractivity contribution is 5.80. The third-order valence-corrected chi connectivity index (χ3v) is 7.48. The zero-order valence-electron chi connectivity index (χ0n) is 22.5. The van der Waals surface area contributed by atoms with Crippen LogP contribution in [0.3, 0.4) is 0 Å². The molecule has 202 valence electrons. The van der Waals surface area contributed by atoms with Crippen LogP contribution in [0.25, 0.3) is 22.4 Å². The second-order valence-corrected chi connectivity index (χ2v) is 10.6. The fourth-order valence-electron chi connectivity index (χ4n) is 5.61. The number of methoxy groups -OCH3 is 1. The molecule has 3 aromatic rings. The number of fused-ring (bicyclic) bond motifs is 1. The van der Waals surface area contributed by atoms with Crippen molar-refractivity contribution in [2.24, 2.45) is 0 Å². The fourth-order valence-corrected chi connectivity index (χ4v) is 5.61. The van der Waals surface area contributed by atoms with Crippen molar-refractivity contribution in [1.29, 1.82) is 0 Å². The summed E-state index contributed by atoms with van der Waals surface area (Å²) in [6.45, 7) is 5.69. The van der Waals surface area contributed by atoms with Crippen LogP contribution < -0.4 is 20.3 Å². The molecule has 1 aliphatic heterocycles. The van der Waals surface area contributed by atoms with Gasteiger partial charge in [0.1, 0.15) is 30.0 Å². The van der Waals surface area contributed by atoms with Crippen LogP contribution in [-0.4, -0.2) is 63.7 Å². The Kier molecular flexibility index (Phi) is 7.93. The average molecular weight is 520 g/mol. The first kappa shape index (κ1) is 26.2. The number of amides is 1. The summed E-state index contributed by atoms with van der Waals surface area (Å²) in [5.41, 5.74) is 0.648. The summed E-state index contributed by atoms with van der Waals surface area (Å²) in [6, 6.07) is 9.67. The number of benzene rings is 1. The van der Waals surface area contributed by atoms with Crippen LogP contribution in [0.5, 0.6) is 11.5 Å². The van der Waals surface area contributed by atoms with Gasteiger partial charge in [-0.2, -0.15) is 0 Å². The van der Waals surface area contributed by atoms with E-state index >= 15 is 0 Å². The minimum Gasteiger partial charge on any atom is -0.497 e. The van der Waals surface area contributed by atoms with Crippen LogP contribution >= 0.6 is 0 Å². The number of rotatable bonds is 8. The van der Waals surface area contributed by atoms with E-state index in [2.05, 4.69) is 15.2 Å². The number of hydrogen-bond acceptors (Lipinski definition) is 7. The number of ether oxygens (including phenoxy) is 2. The lowest BCUT2D eigenvalue weighted by molar-refractivity contribution is -0.122. The molecule has 1 saturated carbocycles. The van der Waals surface area contributed by atoms with Crippen LogP contribution in [0.2, 0.25) is 0 Å². The maximum absolute atomic E-state index is 13.7. The first-order valence-electron chi connectivity index (χ1n) is 13.7. The molecule has 1 amide bonds. The van der Waals surface area contributed by atoms with Crippen molar-refractivity contribution in [1.82, 2.24) is 24.8 Å². The van der Waals surface area contributed by atoms with Crippen molar-refractivity contribution >= 4 is 16.9 Å². The first-order valence-corrected chi connectivity index (χ1v) is 13.7. The molecule has 0 radical (unpaired) electrons. The Morgan fingerprint density at radius 1 is 1.11 bits per heavy atom. The molecule has 0 spiro atoms. The third-order valence-electron chi connectivity index (χ3n) is 7.48. The van der Waals surface area contributed by atoms with E-state index in [1.807, 2.05) is 32.0 Å². The normalized spacial score (nSPS) is 17.3. The molecule has 1 aromatic carbocycles. The quantitative estimate of drug-likeness (QED) is 0.484. The second-order valence-electron chi connectivity index (χ2n) is 10.6. The van der Waals surface area contributed by atoms with Gasteiger partial charge in [-0.1, -0.05) is 25.0 Å². The van der Waals surface area contributed by atoms with E-state index in [1.165, 1.54) is 30.3 Å². The summed E-state index contributed by atoms with van der Waals surface area (Å²) in [5, 5.41) is 3.19. The molecule has 1 saturated heterocycles. The molecule has 1 aliphatic carbocycles. The van der Waals surface area contributed by atoms with E-state index in [-0.39, 0.29) is 30.2 Å². The molecule has 2 fully saturated rings. The monoisotopic (exact) mass is 519 g/mol. The molecular weight excluding hydrogens is 482 g/mol. The lowest BCUT2D eigenvalue weighted by atomic mass is 10.0. The predicted octanol–water partition coefficient (Wildman–Crippen LogP) is 3.78. The number of pyridine rings is 1. The standard InChI is InChI=1S/C29H37N5O4/c1-19(2)31-26(35)18-34-28(20-7-6-10-23(15-20)37-3)32-27-25(29(34)36)16-24(17-30-27)38-22-11-13-33(14-12-22)21-8-4-5-9-21/h6-7,10,15-17,19,21-22H,4-5,8-9,11-14,18H2,1-3H3,(H,31,35). The summed E-state index contributed by atoms with van der Waals surface area (Å²) in [5.74, 6) is 1.29. The number of hydrogen-bond donors (Lipinski definition) is 1. The molecule has 9 nitrogen and oxygen atoms in total. The smallest absolute Gasteiger partial charge is 0.263 e. The number of carbonyl (C=O) groups excluding carboxylic acids is 1. The van der Waals surface area contributed by atoms with E-state index in [0.717, 1.165) is 32.0 Å². The molecule has 9 heteroatoms. The van der Waals surface area contributed by atoms with E-state index in [1.54, 1.807) is 25.4 Å². The van der Waals surface area contributed by atoms with Gasteiger partial charge in [0.2, 0.25) is 5.91 Å². The Balaban J connectivity index is 1.43. The van der Waals surface area contributed by atoms with Gasteiger partial charge >= 0.3 is 0 Å². The van der Waals surface area contributed by atoms with Crippen LogP contribution in [0.15, 0.2) is 41.3 Å². The molecule has 0 bridgehead atoms. The van der Waals surface area contributed by atoms with E-state index < -0.39 is 0 Å². The zero-order chi connectivity index (χ0) is 26.6. The first-order chi connectivity index (χ1) is 18.4. The lowest BCUT2D eigenvalue weighted by Gasteiger charge is -2.35. The van der Waals surface area contributed by atoms with Gasteiger partial charge in [0.15, 0.2) is 5.65 Å². The molecule has 1 N–H and O–H groups in total. The van der Waals surface area contributed by atoms with Crippen molar-refractivity contribution in [3.05, 3.63) is 46.9 Å². The Morgan fingerprint density at radius 3 is 2.58 bits per heavy atom. The number of likely N-dealkylation sites (tertiary alicyclic amines) is 1. The average Bonchev–Trinajstić information content (AvgIpc) is 3.46. The molecular formula is C29H37N5O4. The van der Waals surface area contributed by atoms with Crippen molar-refractivity contribution in [3.8, 4) is 22.9 Å². The van der Waals surface area contributed by atoms with Gasteiger partial charge in [-0.25, -0.2) is 9.97 Å². The Morgan fingerprint density at radius 2 is 1.87 bits per heavy atom. The van der Waals surface area contributed by atoms with E-state index in [0.29, 0.717) is 33.9 Å². The van der Waals surface area contributed by atoms with Gasteiger partial charge in [0.05, 0.1) is 18.7 Å². The van der Waals surface area contributed by atoms with E-state index in [9.17, 15) is 9.59 Å². The van der Waals surface area contributed by atoms with Crippen LogP contribution in [0.4, 0.5) is 0 Å². The third kappa shape index (κ3) is 5.83. The molecule has 38 heavy (non-hydrogen) atoms. The SMILES string of the molecule is COc1cccc(-c2nc3ncc(OC4CCN(C5CCCC5)CC4)cc3c(=O)n2CC(=O)NC(C)C)c1. The minimum absolute atomic E-state index is 0.0476. The van der Waals surface area contributed by atoms with Gasteiger partial charge in [-0.05, 0) is 57.7 Å². The highest BCUT2D eigenvalue weighted by Crippen LogP contribution is 2.28.